The van der Waals surface area contributed by atoms with Crippen LogP contribution in [-0.2, 0) is 0 Å². The number of likely N-dealkylation sites (tertiary alicyclic amines) is 1. The van der Waals surface area contributed by atoms with Crippen molar-refractivity contribution in [3.05, 3.63) is 11.8 Å². The lowest BCUT2D eigenvalue weighted by Crippen LogP contribution is -2.35. The molecule has 1 saturated heterocycles. The third-order valence-corrected chi connectivity index (χ3v) is 3.81. The number of hydrogen-bond donors (Lipinski definition) is 3. The Bertz CT molecular complexity index is 400. The van der Waals surface area contributed by atoms with E-state index < -0.39 is 0 Å². The summed E-state index contributed by atoms with van der Waals surface area (Å²) < 4.78 is 0. The highest BCUT2D eigenvalue weighted by molar-refractivity contribution is 5.45. The lowest BCUT2D eigenvalue weighted by Gasteiger charge is -2.31. The van der Waals surface area contributed by atoms with E-state index in [0.717, 1.165) is 30.4 Å². The zero-order valence-electron chi connectivity index (χ0n) is 11.8. The van der Waals surface area contributed by atoms with Crippen molar-refractivity contribution >= 4 is 11.8 Å². The molecule has 6 heteroatoms. The van der Waals surface area contributed by atoms with Gasteiger partial charge in [-0.15, -0.1) is 0 Å². The first-order valence-corrected chi connectivity index (χ1v) is 6.99. The molecular formula is C13H24N6. The van der Waals surface area contributed by atoms with Gasteiger partial charge < -0.3 is 10.2 Å². The first kappa shape index (κ1) is 14.0. The third-order valence-electron chi connectivity index (χ3n) is 3.81. The van der Waals surface area contributed by atoms with Crippen LogP contribution in [0.25, 0.3) is 0 Å². The number of piperidine rings is 1. The van der Waals surface area contributed by atoms with E-state index in [0.29, 0.717) is 5.95 Å². The van der Waals surface area contributed by atoms with Crippen LogP contribution in [0.4, 0.5) is 11.8 Å². The summed E-state index contributed by atoms with van der Waals surface area (Å²) in [4.78, 5) is 10.9. The second-order valence-corrected chi connectivity index (χ2v) is 5.13. The fourth-order valence-corrected chi connectivity index (χ4v) is 2.44. The van der Waals surface area contributed by atoms with Gasteiger partial charge in [0.1, 0.15) is 5.82 Å². The molecule has 0 saturated carbocycles. The molecule has 0 aromatic carbocycles. The first-order valence-electron chi connectivity index (χ1n) is 6.99. The van der Waals surface area contributed by atoms with Crippen molar-refractivity contribution in [2.75, 3.05) is 36.9 Å². The molecule has 6 nitrogen and oxygen atoms in total. The van der Waals surface area contributed by atoms with Crippen LogP contribution < -0.4 is 16.6 Å². The highest BCUT2D eigenvalue weighted by Crippen LogP contribution is 2.19. The van der Waals surface area contributed by atoms with Crippen molar-refractivity contribution in [1.29, 1.82) is 0 Å². The summed E-state index contributed by atoms with van der Waals surface area (Å²) >= 11 is 0. The Balaban J connectivity index is 1.85. The van der Waals surface area contributed by atoms with Gasteiger partial charge in [0.15, 0.2) is 0 Å². The van der Waals surface area contributed by atoms with E-state index in [4.69, 9.17) is 5.84 Å². The van der Waals surface area contributed by atoms with Crippen LogP contribution in [-0.4, -0.2) is 41.0 Å². The van der Waals surface area contributed by atoms with Gasteiger partial charge in [-0.25, -0.2) is 10.8 Å². The van der Waals surface area contributed by atoms with Crippen molar-refractivity contribution < 1.29 is 0 Å². The Morgan fingerprint density at radius 3 is 2.79 bits per heavy atom. The summed E-state index contributed by atoms with van der Waals surface area (Å²) in [5.41, 5.74) is 3.52. The third kappa shape index (κ3) is 3.78. The molecule has 0 spiro atoms. The van der Waals surface area contributed by atoms with Gasteiger partial charge in [0.2, 0.25) is 5.95 Å². The molecule has 0 unspecified atom stereocenters. The van der Waals surface area contributed by atoms with Crippen LogP contribution in [0.15, 0.2) is 6.20 Å². The van der Waals surface area contributed by atoms with E-state index in [1.807, 2.05) is 6.92 Å². The number of hydrogen-bond acceptors (Lipinski definition) is 6. The maximum atomic E-state index is 5.33. The minimum atomic E-state index is 0.453. The van der Waals surface area contributed by atoms with Gasteiger partial charge in [-0.1, -0.05) is 6.92 Å². The number of anilines is 2. The maximum Gasteiger partial charge on any atom is 0.239 e. The molecule has 0 amide bonds. The quantitative estimate of drug-likeness (QED) is 0.548. The lowest BCUT2D eigenvalue weighted by molar-refractivity contribution is 0.198. The van der Waals surface area contributed by atoms with Gasteiger partial charge in [0.25, 0.3) is 0 Å². The van der Waals surface area contributed by atoms with E-state index in [-0.39, 0.29) is 0 Å². The first-order chi connectivity index (χ1) is 9.22. The van der Waals surface area contributed by atoms with Gasteiger partial charge in [-0.05, 0) is 45.3 Å². The minimum Gasteiger partial charge on any atom is -0.369 e. The van der Waals surface area contributed by atoms with Crippen LogP contribution in [0.5, 0.6) is 0 Å². The molecule has 0 aliphatic carbocycles. The Morgan fingerprint density at radius 2 is 2.16 bits per heavy atom. The van der Waals surface area contributed by atoms with E-state index in [1.165, 1.54) is 25.9 Å². The molecule has 1 aliphatic rings. The Labute approximate surface area is 114 Å². The average Bonchev–Trinajstić information content (AvgIpc) is 2.47. The predicted molar refractivity (Wildman–Crippen MR) is 77.9 cm³/mol. The second kappa shape index (κ2) is 6.68. The van der Waals surface area contributed by atoms with Crippen LogP contribution in [0.2, 0.25) is 0 Å². The number of aromatic nitrogens is 2. The number of nitrogen functional groups attached to an aromatic ring is 1. The largest absolute Gasteiger partial charge is 0.369 e. The zero-order valence-corrected chi connectivity index (χ0v) is 11.8. The van der Waals surface area contributed by atoms with Gasteiger partial charge in [0, 0.05) is 18.3 Å². The molecule has 1 aromatic heterocycles. The number of nitrogens with two attached hydrogens (primary N) is 1. The number of nitrogens with one attached hydrogen (secondary N) is 2. The fraction of sp³-hybridized carbons (Fsp3) is 0.692. The van der Waals surface area contributed by atoms with Crippen LogP contribution in [0, 0.1) is 12.8 Å². The number of hydrazine groups is 1. The van der Waals surface area contributed by atoms with Crippen molar-refractivity contribution in [2.45, 2.75) is 26.7 Å². The molecule has 4 N–H and O–H groups in total. The van der Waals surface area contributed by atoms with Crippen LogP contribution >= 0.6 is 0 Å². The summed E-state index contributed by atoms with van der Waals surface area (Å²) in [6.07, 6.45) is 4.30. The smallest absolute Gasteiger partial charge is 0.239 e. The normalized spacial score (nSPS) is 17.4. The summed E-state index contributed by atoms with van der Waals surface area (Å²) in [7, 11) is 0. The highest BCUT2D eigenvalue weighted by Gasteiger charge is 2.18. The summed E-state index contributed by atoms with van der Waals surface area (Å²) in [6, 6.07) is 0. The molecule has 2 heterocycles. The highest BCUT2D eigenvalue weighted by atomic mass is 15.3. The minimum absolute atomic E-state index is 0.453. The number of aryl methyl sites for hydroxylation is 1. The lowest BCUT2D eigenvalue weighted by atomic mass is 9.97. The zero-order chi connectivity index (χ0) is 13.7. The molecular weight excluding hydrogens is 240 g/mol. The molecule has 0 radical (unpaired) electrons. The van der Waals surface area contributed by atoms with Gasteiger partial charge in [-0.2, -0.15) is 4.98 Å². The molecule has 1 fully saturated rings. The van der Waals surface area contributed by atoms with Gasteiger partial charge >= 0.3 is 0 Å². The summed E-state index contributed by atoms with van der Waals surface area (Å²) in [5, 5.41) is 3.43. The van der Waals surface area contributed by atoms with Crippen molar-refractivity contribution in [3.63, 3.8) is 0 Å². The molecule has 19 heavy (non-hydrogen) atoms. The molecule has 0 bridgehead atoms. The molecule has 106 valence electrons. The van der Waals surface area contributed by atoms with E-state index in [2.05, 4.69) is 32.5 Å². The Kier molecular flexibility index (Phi) is 4.93. The molecule has 2 rings (SSSR count). The summed E-state index contributed by atoms with van der Waals surface area (Å²) in [6.45, 7) is 8.78. The molecule has 1 aliphatic heterocycles. The Hall–Kier alpha value is -1.40. The van der Waals surface area contributed by atoms with Gasteiger partial charge in [0.05, 0.1) is 0 Å². The SMILES string of the molecule is CCN1CCC(CNc2nc(NN)ncc2C)CC1. The van der Waals surface area contributed by atoms with Crippen LogP contribution in [0.3, 0.4) is 0 Å². The average molecular weight is 264 g/mol. The van der Waals surface area contributed by atoms with E-state index in [1.54, 1.807) is 6.20 Å². The van der Waals surface area contributed by atoms with Crippen molar-refractivity contribution in [1.82, 2.24) is 14.9 Å². The molecule has 1 aromatic rings. The van der Waals surface area contributed by atoms with Gasteiger partial charge in [-0.3, -0.25) is 5.43 Å². The number of nitrogens with zero attached hydrogens (tertiary/aromatic N) is 3. The number of rotatable bonds is 5. The van der Waals surface area contributed by atoms with E-state index in [9.17, 15) is 0 Å². The van der Waals surface area contributed by atoms with Crippen molar-refractivity contribution in [2.24, 2.45) is 11.8 Å². The van der Waals surface area contributed by atoms with Crippen LogP contribution in [0.1, 0.15) is 25.3 Å². The maximum absolute atomic E-state index is 5.33. The Morgan fingerprint density at radius 1 is 1.42 bits per heavy atom. The fourth-order valence-electron chi connectivity index (χ4n) is 2.44. The standard InChI is InChI=1S/C13H24N6/c1-3-19-6-4-11(5-7-19)9-15-12-10(2)8-16-13(17-12)18-14/h8,11H,3-7,9,14H2,1-2H3,(H2,15,16,17,18). The predicted octanol–water partition coefficient (Wildman–Crippen LogP) is 1.21. The molecule has 0 atom stereocenters. The second-order valence-electron chi connectivity index (χ2n) is 5.13. The topological polar surface area (TPSA) is 79.1 Å². The summed E-state index contributed by atoms with van der Waals surface area (Å²) in [5.74, 6) is 7.39. The monoisotopic (exact) mass is 264 g/mol. The van der Waals surface area contributed by atoms with E-state index >= 15 is 0 Å². The van der Waals surface area contributed by atoms with Crippen molar-refractivity contribution in [3.8, 4) is 0 Å².